The first kappa shape index (κ1) is 24.5. The van der Waals surface area contributed by atoms with Crippen molar-refractivity contribution >= 4 is 23.4 Å². The predicted molar refractivity (Wildman–Crippen MR) is 132 cm³/mol. The van der Waals surface area contributed by atoms with Gasteiger partial charge in [0.05, 0.1) is 0 Å². The maximum Gasteiger partial charge on any atom is 0.279 e. The van der Waals surface area contributed by atoms with Crippen LogP contribution in [0.5, 0.6) is 5.75 Å². The summed E-state index contributed by atoms with van der Waals surface area (Å²) >= 11 is 0. The molecule has 0 bridgehead atoms. The smallest absolute Gasteiger partial charge is 0.279 e. The molecule has 1 atom stereocenters. The molecule has 0 radical (unpaired) electrons. The Bertz CT molecular complexity index is 1110. The Morgan fingerprint density at radius 1 is 0.765 bits per heavy atom. The van der Waals surface area contributed by atoms with Crippen LogP contribution in [0.2, 0.25) is 0 Å². The molecular formula is C27H29N3O4. The summed E-state index contributed by atoms with van der Waals surface area (Å²) in [6.45, 7) is 5.42. The highest BCUT2D eigenvalue weighted by molar-refractivity contribution is 5.97. The molecule has 0 fully saturated rings. The average molecular weight is 460 g/mol. The highest BCUT2D eigenvalue weighted by Gasteiger charge is 2.19. The summed E-state index contributed by atoms with van der Waals surface area (Å²) in [5.74, 6) is -0.619. The zero-order valence-corrected chi connectivity index (χ0v) is 19.5. The lowest BCUT2D eigenvalue weighted by Crippen LogP contribution is -2.47. The minimum absolute atomic E-state index is 0.107. The van der Waals surface area contributed by atoms with E-state index in [0.717, 1.165) is 11.1 Å². The van der Waals surface area contributed by atoms with Crippen LogP contribution in [0.25, 0.3) is 11.1 Å². The van der Waals surface area contributed by atoms with Crippen molar-refractivity contribution in [3.05, 3.63) is 84.4 Å². The molecular weight excluding hydrogens is 430 g/mol. The van der Waals surface area contributed by atoms with Crippen LogP contribution in [0.3, 0.4) is 0 Å². The van der Waals surface area contributed by atoms with Gasteiger partial charge in [-0.15, -0.1) is 0 Å². The SMILES string of the molecule is CCC(Oc1ccc(-c2ccccc2)cc1)C(=O)NNC(=O)c1ccc(NC(=O)C(C)C)cc1. The van der Waals surface area contributed by atoms with Crippen LogP contribution < -0.4 is 20.9 Å². The molecule has 176 valence electrons. The zero-order valence-electron chi connectivity index (χ0n) is 19.5. The van der Waals surface area contributed by atoms with Crippen molar-refractivity contribution in [2.24, 2.45) is 5.92 Å². The van der Waals surface area contributed by atoms with Crippen LogP contribution >= 0.6 is 0 Å². The van der Waals surface area contributed by atoms with Gasteiger partial charge in [-0.1, -0.05) is 63.2 Å². The number of nitrogens with one attached hydrogen (secondary N) is 3. The highest BCUT2D eigenvalue weighted by Crippen LogP contribution is 2.23. The van der Waals surface area contributed by atoms with Crippen molar-refractivity contribution < 1.29 is 19.1 Å². The average Bonchev–Trinajstić information content (AvgIpc) is 2.86. The quantitative estimate of drug-likeness (QED) is 0.430. The van der Waals surface area contributed by atoms with Gasteiger partial charge in [0, 0.05) is 17.2 Å². The minimum Gasteiger partial charge on any atom is -0.481 e. The van der Waals surface area contributed by atoms with Crippen LogP contribution in [0, 0.1) is 5.92 Å². The van der Waals surface area contributed by atoms with Gasteiger partial charge in [-0.25, -0.2) is 0 Å². The number of amides is 3. The molecule has 0 spiro atoms. The van der Waals surface area contributed by atoms with Crippen molar-refractivity contribution in [2.45, 2.75) is 33.3 Å². The summed E-state index contributed by atoms with van der Waals surface area (Å²) in [5.41, 5.74) is 7.90. The number of hydrogen-bond donors (Lipinski definition) is 3. The normalized spacial score (nSPS) is 11.4. The van der Waals surface area contributed by atoms with Gasteiger partial charge in [-0.2, -0.15) is 0 Å². The van der Waals surface area contributed by atoms with E-state index in [1.807, 2.05) is 61.5 Å². The van der Waals surface area contributed by atoms with Crippen LogP contribution in [0.4, 0.5) is 5.69 Å². The Morgan fingerprint density at radius 2 is 1.38 bits per heavy atom. The van der Waals surface area contributed by atoms with Gasteiger partial charge in [-0.3, -0.25) is 25.2 Å². The van der Waals surface area contributed by atoms with Gasteiger partial charge < -0.3 is 10.1 Å². The van der Waals surface area contributed by atoms with Crippen LogP contribution in [0.15, 0.2) is 78.9 Å². The van der Waals surface area contributed by atoms with Crippen molar-refractivity contribution in [2.75, 3.05) is 5.32 Å². The molecule has 3 aromatic rings. The van der Waals surface area contributed by atoms with E-state index in [4.69, 9.17) is 4.74 Å². The number of rotatable bonds is 8. The van der Waals surface area contributed by atoms with E-state index >= 15 is 0 Å². The number of ether oxygens (including phenoxy) is 1. The molecule has 0 aliphatic carbocycles. The van der Waals surface area contributed by atoms with Crippen molar-refractivity contribution in [1.29, 1.82) is 0 Å². The molecule has 7 heteroatoms. The van der Waals surface area contributed by atoms with E-state index in [0.29, 0.717) is 23.4 Å². The molecule has 3 rings (SSSR count). The van der Waals surface area contributed by atoms with E-state index in [1.165, 1.54) is 0 Å². The molecule has 7 nitrogen and oxygen atoms in total. The van der Waals surface area contributed by atoms with Gasteiger partial charge in [0.15, 0.2) is 6.10 Å². The van der Waals surface area contributed by atoms with E-state index in [9.17, 15) is 14.4 Å². The molecule has 3 amide bonds. The Balaban J connectivity index is 1.52. The third-order valence-corrected chi connectivity index (χ3v) is 5.14. The second kappa shape index (κ2) is 11.7. The van der Waals surface area contributed by atoms with Crippen LogP contribution in [0.1, 0.15) is 37.6 Å². The fourth-order valence-corrected chi connectivity index (χ4v) is 3.11. The number of carbonyl (C=O) groups is 3. The number of hydrogen-bond acceptors (Lipinski definition) is 4. The molecule has 0 heterocycles. The molecule has 3 N–H and O–H groups in total. The van der Waals surface area contributed by atoms with E-state index < -0.39 is 17.9 Å². The summed E-state index contributed by atoms with van der Waals surface area (Å²) in [6.07, 6.45) is -0.344. The highest BCUT2D eigenvalue weighted by atomic mass is 16.5. The van der Waals surface area contributed by atoms with Gasteiger partial charge in [-0.05, 0) is 53.9 Å². The second-order valence-corrected chi connectivity index (χ2v) is 8.07. The number of carbonyl (C=O) groups excluding carboxylic acids is 3. The number of benzene rings is 3. The molecule has 0 aliphatic rings. The van der Waals surface area contributed by atoms with E-state index in [2.05, 4.69) is 16.2 Å². The first-order valence-corrected chi connectivity index (χ1v) is 11.2. The lowest BCUT2D eigenvalue weighted by atomic mass is 10.1. The fourth-order valence-electron chi connectivity index (χ4n) is 3.11. The van der Waals surface area contributed by atoms with Gasteiger partial charge in [0.1, 0.15) is 5.75 Å². The summed E-state index contributed by atoms with van der Waals surface area (Å²) in [6, 6.07) is 23.9. The van der Waals surface area contributed by atoms with Crippen molar-refractivity contribution in [3.8, 4) is 16.9 Å². The summed E-state index contributed by atoms with van der Waals surface area (Å²) in [5, 5.41) is 2.76. The molecule has 34 heavy (non-hydrogen) atoms. The van der Waals surface area contributed by atoms with Gasteiger partial charge >= 0.3 is 0 Å². The minimum atomic E-state index is -0.767. The summed E-state index contributed by atoms with van der Waals surface area (Å²) in [4.78, 5) is 36.7. The maximum absolute atomic E-state index is 12.5. The lowest BCUT2D eigenvalue weighted by Gasteiger charge is -2.18. The number of anilines is 1. The fraction of sp³-hybridized carbons (Fsp3) is 0.222. The van der Waals surface area contributed by atoms with Gasteiger partial charge in [0.2, 0.25) is 5.91 Å². The van der Waals surface area contributed by atoms with Crippen molar-refractivity contribution in [1.82, 2.24) is 10.9 Å². The Morgan fingerprint density at radius 3 is 1.97 bits per heavy atom. The summed E-state index contributed by atoms with van der Waals surface area (Å²) in [7, 11) is 0. The first-order valence-electron chi connectivity index (χ1n) is 11.2. The predicted octanol–water partition coefficient (Wildman–Crippen LogP) is 4.57. The summed E-state index contributed by atoms with van der Waals surface area (Å²) < 4.78 is 5.82. The van der Waals surface area contributed by atoms with E-state index in [-0.39, 0.29) is 11.8 Å². The maximum atomic E-state index is 12.5. The second-order valence-electron chi connectivity index (χ2n) is 8.07. The molecule has 0 aliphatic heterocycles. The lowest BCUT2D eigenvalue weighted by molar-refractivity contribution is -0.128. The monoisotopic (exact) mass is 459 g/mol. The standard InChI is InChI=1S/C27H29N3O4/c1-4-24(34-23-16-12-20(13-17-23)19-8-6-5-7-9-19)27(33)30-29-26(32)21-10-14-22(15-11-21)28-25(31)18(2)3/h5-18,24H,4H2,1-3H3,(H,28,31)(H,29,32)(H,30,33). The van der Waals surface area contributed by atoms with Crippen LogP contribution in [-0.4, -0.2) is 23.8 Å². The molecule has 0 aromatic heterocycles. The van der Waals surface area contributed by atoms with E-state index in [1.54, 1.807) is 38.1 Å². The Labute approximate surface area is 199 Å². The van der Waals surface area contributed by atoms with Crippen LogP contribution in [-0.2, 0) is 9.59 Å². The zero-order chi connectivity index (χ0) is 24.5. The molecule has 0 saturated heterocycles. The Kier molecular flexibility index (Phi) is 8.40. The van der Waals surface area contributed by atoms with Gasteiger partial charge in [0.25, 0.3) is 11.8 Å². The largest absolute Gasteiger partial charge is 0.481 e. The molecule has 0 saturated carbocycles. The third-order valence-electron chi connectivity index (χ3n) is 5.14. The molecule has 3 aromatic carbocycles. The molecule has 1 unspecified atom stereocenters. The Hall–Kier alpha value is -4.13. The topological polar surface area (TPSA) is 96.5 Å². The first-order chi connectivity index (χ1) is 16.4. The number of hydrazine groups is 1. The van der Waals surface area contributed by atoms with Crippen molar-refractivity contribution in [3.63, 3.8) is 0 Å². The third kappa shape index (κ3) is 6.68.